The first-order valence-corrected chi connectivity index (χ1v) is 9.14. The smallest absolute Gasteiger partial charge is 0.326 e. The minimum Gasteiger partial charge on any atom is -0.326 e. The van der Waals surface area contributed by atoms with E-state index in [0.29, 0.717) is 24.5 Å². The van der Waals surface area contributed by atoms with Crippen molar-refractivity contribution in [2.75, 3.05) is 22.9 Å². The molecule has 0 spiro atoms. The molecule has 1 aromatic heterocycles. The molecule has 25 heavy (non-hydrogen) atoms. The molecule has 8 heteroatoms. The molecule has 2 aromatic rings. The van der Waals surface area contributed by atoms with Gasteiger partial charge in [-0.25, -0.2) is 0 Å². The molecule has 0 N–H and O–H groups in total. The third kappa shape index (κ3) is 3.11. The SMILES string of the molecule is CCN1C(=Cc2scc[n+]2C)N(CC)c2cc(C(F)(F)F)c(Cl)cc21. The number of aryl methyl sites for hydroxylation is 1. The van der Waals surface area contributed by atoms with E-state index in [1.54, 1.807) is 11.3 Å². The maximum Gasteiger partial charge on any atom is 0.417 e. The Morgan fingerprint density at radius 2 is 1.76 bits per heavy atom. The van der Waals surface area contributed by atoms with Crippen molar-refractivity contribution in [3.63, 3.8) is 0 Å². The molecular formula is C17H18ClF3N3S+. The number of hydrogen-bond acceptors (Lipinski definition) is 3. The van der Waals surface area contributed by atoms with E-state index in [9.17, 15) is 13.2 Å². The maximum atomic E-state index is 13.2. The molecule has 3 rings (SSSR count). The highest BCUT2D eigenvalue weighted by atomic mass is 35.5. The first-order valence-electron chi connectivity index (χ1n) is 7.88. The number of nitrogens with zero attached hydrogens (tertiary/aromatic N) is 3. The summed E-state index contributed by atoms with van der Waals surface area (Å²) in [5, 5.41) is 2.71. The van der Waals surface area contributed by atoms with Gasteiger partial charge in [0, 0.05) is 13.1 Å². The predicted octanol–water partition coefficient (Wildman–Crippen LogP) is 4.91. The summed E-state index contributed by atoms with van der Waals surface area (Å²) in [6, 6.07) is 2.57. The molecule has 0 atom stereocenters. The molecule has 0 aliphatic carbocycles. The highest BCUT2D eigenvalue weighted by molar-refractivity contribution is 7.10. The summed E-state index contributed by atoms with van der Waals surface area (Å²) in [5.74, 6) is 0.855. The lowest BCUT2D eigenvalue weighted by Gasteiger charge is -2.22. The predicted molar refractivity (Wildman–Crippen MR) is 96.0 cm³/mol. The summed E-state index contributed by atoms with van der Waals surface area (Å²) in [6.45, 7) is 5.08. The Bertz CT molecular complexity index is 829. The van der Waals surface area contributed by atoms with Crippen LogP contribution in [0.2, 0.25) is 5.02 Å². The standard InChI is InChI=1S/C17H18ClF3N3S/c1-4-23-13-8-11(17(19,20)21)12(18)9-14(13)24(5-2)15(23)10-16-22(3)6-7-25-16/h6-10H,4-5H2,1-3H3/q+1. The van der Waals surface area contributed by atoms with Crippen LogP contribution in [0.15, 0.2) is 29.5 Å². The van der Waals surface area contributed by atoms with Crippen LogP contribution < -0.4 is 14.4 Å². The highest BCUT2D eigenvalue weighted by Crippen LogP contribution is 2.47. The van der Waals surface area contributed by atoms with Gasteiger partial charge in [0.1, 0.15) is 12.9 Å². The summed E-state index contributed by atoms with van der Waals surface area (Å²) >= 11 is 7.51. The number of rotatable bonds is 3. The van der Waals surface area contributed by atoms with E-state index >= 15 is 0 Å². The zero-order valence-electron chi connectivity index (χ0n) is 14.1. The van der Waals surface area contributed by atoms with Crippen LogP contribution in [0.1, 0.15) is 24.4 Å². The first-order chi connectivity index (χ1) is 11.8. The van der Waals surface area contributed by atoms with Gasteiger partial charge in [0.15, 0.2) is 6.20 Å². The Hall–Kier alpha value is -1.73. The van der Waals surface area contributed by atoms with Gasteiger partial charge in [-0.15, -0.1) is 0 Å². The topological polar surface area (TPSA) is 10.4 Å². The van der Waals surface area contributed by atoms with Crippen molar-refractivity contribution in [2.45, 2.75) is 20.0 Å². The number of hydrogen-bond donors (Lipinski definition) is 0. The number of aromatic nitrogens is 1. The van der Waals surface area contributed by atoms with E-state index < -0.39 is 11.7 Å². The van der Waals surface area contributed by atoms with Crippen molar-refractivity contribution >= 4 is 40.4 Å². The second-order valence-electron chi connectivity index (χ2n) is 5.66. The van der Waals surface area contributed by atoms with E-state index in [0.717, 1.165) is 16.9 Å². The second-order valence-corrected chi connectivity index (χ2v) is 7.00. The summed E-state index contributed by atoms with van der Waals surface area (Å²) in [7, 11) is 1.94. The van der Waals surface area contributed by atoms with Gasteiger partial charge in [-0.3, -0.25) is 0 Å². The Kier molecular flexibility index (Phi) is 4.72. The van der Waals surface area contributed by atoms with Crippen molar-refractivity contribution in [3.05, 3.63) is 45.1 Å². The van der Waals surface area contributed by atoms with Crippen molar-refractivity contribution in [3.8, 4) is 0 Å². The lowest BCUT2D eigenvalue weighted by Crippen LogP contribution is -2.31. The molecule has 0 saturated carbocycles. The molecule has 0 fully saturated rings. The van der Waals surface area contributed by atoms with E-state index in [4.69, 9.17) is 11.6 Å². The lowest BCUT2D eigenvalue weighted by atomic mass is 10.1. The molecule has 2 heterocycles. The number of halogens is 4. The third-order valence-corrected chi connectivity index (χ3v) is 5.43. The molecule has 134 valence electrons. The van der Waals surface area contributed by atoms with Gasteiger partial charge in [-0.05, 0) is 26.0 Å². The van der Waals surface area contributed by atoms with Crippen LogP contribution in [-0.2, 0) is 13.2 Å². The third-order valence-electron chi connectivity index (χ3n) is 4.21. The van der Waals surface area contributed by atoms with E-state index in [1.807, 2.05) is 52.9 Å². The molecular weight excluding hydrogens is 371 g/mol. The van der Waals surface area contributed by atoms with Gasteiger partial charge >= 0.3 is 6.18 Å². The molecule has 0 amide bonds. The van der Waals surface area contributed by atoms with Crippen LogP contribution in [0.3, 0.4) is 0 Å². The van der Waals surface area contributed by atoms with E-state index in [1.165, 1.54) is 6.07 Å². The van der Waals surface area contributed by atoms with Crippen LogP contribution in [0.5, 0.6) is 0 Å². The number of thiazole rings is 1. The van der Waals surface area contributed by atoms with Crippen LogP contribution >= 0.6 is 22.9 Å². The highest BCUT2D eigenvalue weighted by Gasteiger charge is 2.38. The average Bonchev–Trinajstić information content (AvgIpc) is 3.06. The first kappa shape index (κ1) is 18.1. The van der Waals surface area contributed by atoms with Crippen molar-refractivity contribution < 1.29 is 17.7 Å². The molecule has 0 bridgehead atoms. The molecule has 1 aliphatic heterocycles. The van der Waals surface area contributed by atoms with Crippen molar-refractivity contribution in [2.24, 2.45) is 7.05 Å². The molecule has 1 aromatic carbocycles. The van der Waals surface area contributed by atoms with Gasteiger partial charge in [0.25, 0.3) is 5.01 Å². The van der Waals surface area contributed by atoms with Gasteiger partial charge in [0.2, 0.25) is 0 Å². The Labute approximate surface area is 153 Å². The fraction of sp³-hybridized carbons (Fsp3) is 0.353. The van der Waals surface area contributed by atoms with Gasteiger partial charge in [0.05, 0.1) is 33.4 Å². The fourth-order valence-corrected chi connectivity index (χ4v) is 4.06. The summed E-state index contributed by atoms with van der Waals surface area (Å²) in [4.78, 5) is 3.88. The largest absolute Gasteiger partial charge is 0.417 e. The Morgan fingerprint density at radius 3 is 2.24 bits per heavy atom. The van der Waals surface area contributed by atoms with Crippen LogP contribution in [-0.4, -0.2) is 13.1 Å². The quantitative estimate of drug-likeness (QED) is 0.691. The van der Waals surface area contributed by atoms with Gasteiger partial charge in [-0.2, -0.15) is 17.7 Å². The zero-order chi connectivity index (χ0) is 18.4. The normalized spacial score (nSPS) is 16.0. The maximum absolute atomic E-state index is 13.2. The minimum atomic E-state index is -4.48. The monoisotopic (exact) mass is 388 g/mol. The van der Waals surface area contributed by atoms with Crippen LogP contribution in [0, 0.1) is 0 Å². The Morgan fingerprint density at radius 1 is 1.16 bits per heavy atom. The zero-order valence-corrected chi connectivity index (χ0v) is 15.6. The molecule has 0 saturated heterocycles. The summed E-state index contributed by atoms with van der Waals surface area (Å²) in [5.41, 5.74) is 0.435. The summed E-state index contributed by atoms with van der Waals surface area (Å²) < 4.78 is 41.7. The molecule has 0 radical (unpaired) electrons. The number of alkyl halides is 3. The molecule has 3 nitrogen and oxygen atoms in total. The van der Waals surface area contributed by atoms with Crippen molar-refractivity contribution in [1.82, 2.24) is 0 Å². The van der Waals surface area contributed by atoms with Crippen LogP contribution in [0.25, 0.3) is 6.08 Å². The number of benzene rings is 1. The average molecular weight is 389 g/mol. The number of fused-ring (bicyclic) bond motifs is 1. The van der Waals surface area contributed by atoms with Crippen molar-refractivity contribution in [1.29, 1.82) is 0 Å². The Balaban J connectivity index is 2.18. The second kappa shape index (κ2) is 6.53. The minimum absolute atomic E-state index is 0.274. The summed E-state index contributed by atoms with van der Waals surface area (Å²) in [6.07, 6.45) is -0.529. The molecule has 0 unspecified atom stereocenters. The fourth-order valence-electron chi connectivity index (χ4n) is 3.01. The molecule has 1 aliphatic rings. The van der Waals surface area contributed by atoms with Gasteiger partial charge in [-0.1, -0.05) is 22.9 Å². The van der Waals surface area contributed by atoms with E-state index in [-0.39, 0.29) is 5.02 Å². The lowest BCUT2D eigenvalue weighted by molar-refractivity contribution is -0.668. The van der Waals surface area contributed by atoms with E-state index in [2.05, 4.69) is 0 Å². The number of anilines is 2. The van der Waals surface area contributed by atoms with Crippen LogP contribution in [0.4, 0.5) is 24.5 Å². The van der Waals surface area contributed by atoms with Gasteiger partial charge < -0.3 is 9.80 Å².